The summed E-state index contributed by atoms with van der Waals surface area (Å²) < 4.78 is 15.6. The molecule has 0 aliphatic heterocycles. The molecule has 14 rings (SSSR count). The monoisotopic (exact) mass is 830 g/mol. The summed E-state index contributed by atoms with van der Waals surface area (Å²) >= 11 is 0. The van der Waals surface area contributed by atoms with E-state index in [4.69, 9.17) is 23.8 Å². The van der Waals surface area contributed by atoms with Gasteiger partial charge in [0.15, 0.2) is 17.5 Å². The van der Waals surface area contributed by atoms with Crippen molar-refractivity contribution in [1.29, 1.82) is 0 Å². The normalized spacial score (nSPS) is 12.0. The average molecular weight is 831 g/mol. The molecule has 0 N–H and O–H groups in total. The molecule has 14 aromatic rings. The van der Waals surface area contributed by atoms with Gasteiger partial charge in [-0.2, -0.15) is 0 Å². The average Bonchev–Trinajstić information content (AvgIpc) is 4.06. The number of hydrogen-bond acceptors (Lipinski definition) is 5. The van der Waals surface area contributed by atoms with Gasteiger partial charge >= 0.3 is 0 Å². The van der Waals surface area contributed by atoms with Crippen LogP contribution in [0.3, 0.4) is 0 Å². The van der Waals surface area contributed by atoms with E-state index in [1.165, 1.54) is 26.9 Å². The highest BCUT2D eigenvalue weighted by Gasteiger charge is 2.23. The van der Waals surface area contributed by atoms with E-state index in [0.717, 1.165) is 93.8 Å². The molecule has 0 spiro atoms. The summed E-state index contributed by atoms with van der Waals surface area (Å²) in [6.45, 7) is 0. The summed E-state index contributed by atoms with van der Waals surface area (Å²) in [7, 11) is 0. The van der Waals surface area contributed by atoms with Crippen LogP contribution in [0, 0.1) is 0 Å². The molecule has 10 aromatic carbocycles. The molecule has 6 heteroatoms. The lowest BCUT2D eigenvalue weighted by Gasteiger charge is -2.14. The first-order valence-corrected chi connectivity index (χ1v) is 21.8. The highest BCUT2D eigenvalue weighted by atomic mass is 16.3. The predicted molar refractivity (Wildman–Crippen MR) is 265 cm³/mol. The molecule has 6 nitrogen and oxygen atoms in total. The first-order chi connectivity index (χ1) is 32.2. The third kappa shape index (κ3) is 5.44. The van der Waals surface area contributed by atoms with Crippen LogP contribution in [0.15, 0.2) is 215 Å². The standard InChI is InChI=1S/C59H34N4O2/c1-2-15-37(16-3-1)57-60-58(62-59(61-57)39-28-30-44-43-21-8-9-26-50(43)64-52(44)34-39)38-17-10-18-40(33-38)63-54-42-20-7-5-14-36(42)27-31-47(54)45-22-11-23-46(55(45)63)48-24-12-25-49-53-41-19-6-4-13-35(41)29-32-51(53)65-56(48)49/h1-34H. The van der Waals surface area contributed by atoms with Gasteiger partial charge < -0.3 is 13.4 Å². The summed E-state index contributed by atoms with van der Waals surface area (Å²) in [6.07, 6.45) is 0. The zero-order valence-corrected chi connectivity index (χ0v) is 34.7. The van der Waals surface area contributed by atoms with E-state index in [1.807, 2.05) is 54.6 Å². The zero-order valence-electron chi connectivity index (χ0n) is 34.7. The van der Waals surface area contributed by atoms with Crippen LogP contribution in [-0.2, 0) is 0 Å². The summed E-state index contributed by atoms with van der Waals surface area (Å²) in [5, 5.41) is 11.4. The quantitative estimate of drug-likeness (QED) is 0.173. The maximum Gasteiger partial charge on any atom is 0.164 e. The zero-order chi connectivity index (χ0) is 42.6. The van der Waals surface area contributed by atoms with Crippen molar-refractivity contribution < 1.29 is 8.83 Å². The van der Waals surface area contributed by atoms with Crippen molar-refractivity contribution in [2.75, 3.05) is 0 Å². The van der Waals surface area contributed by atoms with Gasteiger partial charge in [0.05, 0.1) is 11.0 Å². The maximum absolute atomic E-state index is 6.86. The van der Waals surface area contributed by atoms with Crippen LogP contribution >= 0.6 is 0 Å². The van der Waals surface area contributed by atoms with E-state index in [9.17, 15) is 0 Å². The molecule has 0 radical (unpaired) electrons. The van der Waals surface area contributed by atoms with Crippen LogP contribution in [0.5, 0.6) is 0 Å². The number of benzene rings is 10. The largest absolute Gasteiger partial charge is 0.456 e. The van der Waals surface area contributed by atoms with Crippen LogP contribution in [0.1, 0.15) is 0 Å². The van der Waals surface area contributed by atoms with Crippen LogP contribution in [0.2, 0.25) is 0 Å². The lowest BCUT2D eigenvalue weighted by molar-refractivity contribution is 0.669. The Kier molecular flexibility index (Phi) is 7.59. The lowest BCUT2D eigenvalue weighted by Crippen LogP contribution is -2.01. The lowest BCUT2D eigenvalue weighted by atomic mass is 9.98. The van der Waals surface area contributed by atoms with Crippen molar-refractivity contribution in [3.05, 3.63) is 206 Å². The molecule has 0 saturated carbocycles. The molecule has 0 atom stereocenters. The minimum Gasteiger partial charge on any atom is -0.456 e. The van der Waals surface area contributed by atoms with Gasteiger partial charge in [0.1, 0.15) is 22.3 Å². The Labute approximate surface area is 371 Å². The third-order valence-corrected chi connectivity index (χ3v) is 13.0. The van der Waals surface area contributed by atoms with Crippen molar-refractivity contribution in [1.82, 2.24) is 19.5 Å². The van der Waals surface area contributed by atoms with Crippen LogP contribution in [-0.4, -0.2) is 19.5 Å². The topological polar surface area (TPSA) is 69.9 Å². The SMILES string of the molecule is c1ccc(-c2nc(-c3cccc(-n4c5c(-c6cccc7c6oc6ccc8ccccc8c67)cccc5c5ccc6ccccc6c54)c3)nc(-c3ccc4c(c3)oc3ccccc34)n2)cc1. The van der Waals surface area contributed by atoms with Gasteiger partial charge in [0.25, 0.3) is 0 Å². The van der Waals surface area contributed by atoms with Gasteiger partial charge in [-0.3, -0.25) is 0 Å². The van der Waals surface area contributed by atoms with E-state index in [0.29, 0.717) is 17.5 Å². The fraction of sp³-hybridized carbons (Fsp3) is 0. The Morgan fingerprint density at radius 3 is 1.75 bits per heavy atom. The predicted octanol–water partition coefficient (Wildman–Crippen LogP) is 15.7. The molecule has 0 fully saturated rings. The molecule has 302 valence electrons. The van der Waals surface area contributed by atoms with Crippen molar-refractivity contribution in [3.63, 3.8) is 0 Å². The Morgan fingerprint density at radius 2 is 0.908 bits per heavy atom. The Balaban J connectivity index is 1.01. The highest BCUT2D eigenvalue weighted by molar-refractivity contribution is 6.24. The molecule has 0 bridgehead atoms. The molecule has 0 saturated heterocycles. The number of hydrogen-bond donors (Lipinski definition) is 0. The van der Waals surface area contributed by atoms with Gasteiger partial charge in [-0.15, -0.1) is 0 Å². The molecule has 0 aliphatic carbocycles. The molecule has 0 amide bonds. The van der Waals surface area contributed by atoms with E-state index < -0.39 is 0 Å². The van der Waals surface area contributed by atoms with Crippen LogP contribution < -0.4 is 0 Å². The van der Waals surface area contributed by atoms with E-state index >= 15 is 0 Å². The summed E-state index contributed by atoms with van der Waals surface area (Å²) in [5.74, 6) is 1.74. The molecule has 65 heavy (non-hydrogen) atoms. The maximum atomic E-state index is 6.86. The van der Waals surface area contributed by atoms with E-state index in [1.54, 1.807) is 0 Å². The van der Waals surface area contributed by atoms with Gasteiger partial charge in [-0.25, -0.2) is 15.0 Å². The van der Waals surface area contributed by atoms with Crippen molar-refractivity contribution in [2.45, 2.75) is 0 Å². The van der Waals surface area contributed by atoms with Gasteiger partial charge in [-0.05, 0) is 52.6 Å². The van der Waals surface area contributed by atoms with E-state index in [2.05, 4.69) is 156 Å². The molecular weight excluding hydrogens is 797 g/mol. The molecule has 4 heterocycles. The molecule has 4 aromatic heterocycles. The Morgan fingerprint density at radius 1 is 0.323 bits per heavy atom. The molecule has 0 unspecified atom stereocenters. The number of para-hydroxylation sites is 3. The first kappa shape index (κ1) is 35.7. The fourth-order valence-electron chi connectivity index (χ4n) is 10.1. The van der Waals surface area contributed by atoms with Gasteiger partial charge in [-0.1, -0.05) is 170 Å². The molecule has 0 aliphatic rings. The summed E-state index contributed by atoms with van der Waals surface area (Å²) in [6, 6.07) is 72.1. The second kappa shape index (κ2) is 13.8. The smallest absolute Gasteiger partial charge is 0.164 e. The van der Waals surface area contributed by atoms with Gasteiger partial charge in [0, 0.05) is 71.2 Å². The van der Waals surface area contributed by atoms with Gasteiger partial charge in [0.2, 0.25) is 0 Å². The minimum absolute atomic E-state index is 0.568. The Bertz CT molecular complexity index is 4250. The minimum atomic E-state index is 0.568. The summed E-state index contributed by atoms with van der Waals surface area (Å²) in [5.41, 5.74) is 11.3. The number of nitrogens with zero attached hydrogens (tertiary/aromatic N) is 4. The van der Waals surface area contributed by atoms with Crippen molar-refractivity contribution in [2.24, 2.45) is 0 Å². The Hall–Kier alpha value is -8.87. The first-order valence-electron chi connectivity index (χ1n) is 21.8. The fourth-order valence-corrected chi connectivity index (χ4v) is 10.1. The number of aromatic nitrogens is 4. The van der Waals surface area contributed by atoms with E-state index in [-0.39, 0.29) is 0 Å². The van der Waals surface area contributed by atoms with Crippen LogP contribution in [0.25, 0.3) is 138 Å². The molecular formula is C59H34N4O2. The summed E-state index contributed by atoms with van der Waals surface area (Å²) in [4.78, 5) is 15.5. The number of furan rings is 2. The van der Waals surface area contributed by atoms with Crippen molar-refractivity contribution in [3.8, 4) is 51.0 Å². The highest BCUT2D eigenvalue weighted by Crippen LogP contribution is 2.45. The van der Waals surface area contributed by atoms with Crippen LogP contribution in [0.4, 0.5) is 0 Å². The second-order valence-corrected chi connectivity index (χ2v) is 16.7. The number of fused-ring (bicyclic) bond motifs is 13. The second-order valence-electron chi connectivity index (χ2n) is 16.7. The third-order valence-electron chi connectivity index (χ3n) is 13.0. The van der Waals surface area contributed by atoms with Crippen molar-refractivity contribution >= 4 is 87.2 Å². The number of rotatable bonds is 5.